The summed E-state index contributed by atoms with van der Waals surface area (Å²) in [7, 11) is 0. The standard InChI is InChI=1S/C14H15BrN2OS/c1-8-6-9(2)17-14(16-8)19-11-4-5-12(10(3)18)13(15)7-11/h4-7,10,18H,1-3H3. The van der Waals surface area contributed by atoms with Gasteiger partial charge >= 0.3 is 0 Å². The van der Waals surface area contributed by atoms with E-state index in [-0.39, 0.29) is 0 Å². The minimum absolute atomic E-state index is 0.481. The van der Waals surface area contributed by atoms with Gasteiger partial charge in [-0.3, -0.25) is 0 Å². The van der Waals surface area contributed by atoms with E-state index in [0.29, 0.717) is 0 Å². The number of aliphatic hydroxyl groups is 1. The largest absolute Gasteiger partial charge is 0.389 e. The first-order chi connectivity index (χ1) is 8.95. The van der Waals surface area contributed by atoms with Gasteiger partial charge in [-0.05, 0) is 56.3 Å². The molecule has 0 bridgehead atoms. The van der Waals surface area contributed by atoms with Gasteiger partial charge in [0.05, 0.1) is 6.10 Å². The lowest BCUT2D eigenvalue weighted by Crippen LogP contribution is -1.94. The summed E-state index contributed by atoms with van der Waals surface area (Å²) in [6, 6.07) is 7.82. The molecule has 1 atom stereocenters. The second kappa shape index (κ2) is 6.03. The van der Waals surface area contributed by atoms with Crippen molar-refractivity contribution in [3.05, 3.63) is 45.7 Å². The quantitative estimate of drug-likeness (QED) is 0.857. The number of nitrogens with zero attached hydrogens (tertiary/aromatic N) is 2. The molecule has 0 amide bonds. The molecule has 100 valence electrons. The first kappa shape index (κ1) is 14.5. The van der Waals surface area contributed by atoms with Gasteiger partial charge in [-0.1, -0.05) is 22.0 Å². The van der Waals surface area contributed by atoms with E-state index in [4.69, 9.17) is 0 Å². The van der Waals surface area contributed by atoms with Crippen molar-refractivity contribution in [2.75, 3.05) is 0 Å². The van der Waals surface area contributed by atoms with E-state index in [1.54, 1.807) is 6.92 Å². The molecule has 0 aliphatic heterocycles. The van der Waals surface area contributed by atoms with Crippen molar-refractivity contribution >= 4 is 27.7 Å². The van der Waals surface area contributed by atoms with Gasteiger partial charge in [0, 0.05) is 20.8 Å². The highest BCUT2D eigenvalue weighted by Gasteiger charge is 2.08. The fourth-order valence-electron chi connectivity index (χ4n) is 1.75. The number of hydrogen-bond acceptors (Lipinski definition) is 4. The van der Waals surface area contributed by atoms with Crippen molar-refractivity contribution in [3.63, 3.8) is 0 Å². The van der Waals surface area contributed by atoms with Gasteiger partial charge in [0.2, 0.25) is 0 Å². The molecule has 3 nitrogen and oxygen atoms in total. The summed E-state index contributed by atoms with van der Waals surface area (Å²) in [6.45, 7) is 5.68. The van der Waals surface area contributed by atoms with Crippen molar-refractivity contribution in [1.29, 1.82) is 0 Å². The molecule has 1 unspecified atom stereocenters. The van der Waals surface area contributed by atoms with Crippen molar-refractivity contribution < 1.29 is 5.11 Å². The van der Waals surface area contributed by atoms with E-state index >= 15 is 0 Å². The topological polar surface area (TPSA) is 46.0 Å². The zero-order valence-corrected chi connectivity index (χ0v) is 13.4. The smallest absolute Gasteiger partial charge is 0.192 e. The van der Waals surface area contributed by atoms with Gasteiger partial charge in [-0.15, -0.1) is 0 Å². The molecule has 0 aliphatic rings. The zero-order chi connectivity index (χ0) is 14.0. The summed E-state index contributed by atoms with van der Waals surface area (Å²) in [4.78, 5) is 9.85. The molecule has 0 saturated heterocycles. The minimum Gasteiger partial charge on any atom is -0.389 e. The Morgan fingerprint density at radius 3 is 2.32 bits per heavy atom. The highest BCUT2D eigenvalue weighted by Crippen LogP contribution is 2.31. The Balaban J connectivity index is 2.26. The normalized spacial score (nSPS) is 12.5. The van der Waals surface area contributed by atoms with Crippen LogP contribution in [-0.2, 0) is 0 Å². The van der Waals surface area contributed by atoms with Crippen LogP contribution in [0.25, 0.3) is 0 Å². The molecule has 1 heterocycles. The van der Waals surface area contributed by atoms with Gasteiger partial charge in [0.15, 0.2) is 5.16 Å². The molecule has 0 fully saturated rings. The fraction of sp³-hybridized carbons (Fsp3) is 0.286. The van der Waals surface area contributed by atoms with Crippen LogP contribution in [0.1, 0.15) is 30.0 Å². The van der Waals surface area contributed by atoms with Crippen LogP contribution in [0.3, 0.4) is 0 Å². The predicted octanol–water partition coefficient (Wildman–Crippen LogP) is 4.06. The van der Waals surface area contributed by atoms with Crippen LogP contribution >= 0.6 is 27.7 Å². The van der Waals surface area contributed by atoms with E-state index in [2.05, 4.69) is 25.9 Å². The van der Waals surface area contributed by atoms with Crippen LogP contribution in [-0.4, -0.2) is 15.1 Å². The Morgan fingerprint density at radius 1 is 1.16 bits per heavy atom. The van der Waals surface area contributed by atoms with E-state index < -0.39 is 6.10 Å². The molecule has 1 aromatic carbocycles. The Labute approximate surface area is 125 Å². The Bertz CT molecular complexity index is 582. The molecule has 0 radical (unpaired) electrons. The molecule has 0 spiro atoms. The second-order valence-electron chi connectivity index (χ2n) is 4.39. The number of aromatic nitrogens is 2. The Morgan fingerprint density at radius 2 is 1.79 bits per heavy atom. The summed E-state index contributed by atoms with van der Waals surface area (Å²) < 4.78 is 0.900. The Kier molecular flexibility index (Phi) is 4.60. The lowest BCUT2D eigenvalue weighted by molar-refractivity contribution is 0.198. The lowest BCUT2D eigenvalue weighted by Gasteiger charge is -2.09. The first-order valence-electron chi connectivity index (χ1n) is 5.93. The fourth-order valence-corrected chi connectivity index (χ4v) is 3.52. The number of halogens is 1. The van der Waals surface area contributed by atoms with Crippen LogP contribution < -0.4 is 0 Å². The maximum absolute atomic E-state index is 9.60. The minimum atomic E-state index is -0.481. The zero-order valence-electron chi connectivity index (χ0n) is 11.0. The molecule has 1 N–H and O–H groups in total. The van der Waals surface area contributed by atoms with E-state index in [0.717, 1.165) is 31.5 Å². The number of rotatable bonds is 3. The van der Waals surface area contributed by atoms with Gasteiger partial charge in [-0.25, -0.2) is 9.97 Å². The van der Waals surface area contributed by atoms with E-state index in [1.165, 1.54) is 11.8 Å². The lowest BCUT2D eigenvalue weighted by atomic mass is 10.1. The molecule has 5 heteroatoms. The molecular formula is C14H15BrN2OS. The molecule has 2 rings (SSSR count). The Hall–Kier alpha value is -0.910. The van der Waals surface area contributed by atoms with Crippen LogP contribution in [0.15, 0.2) is 38.8 Å². The van der Waals surface area contributed by atoms with Crippen molar-refractivity contribution in [2.45, 2.75) is 36.9 Å². The van der Waals surface area contributed by atoms with Crippen molar-refractivity contribution in [1.82, 2.24) is 9.97 Å². The average Bonchev–Trinajstić information content (AvgIpc) is 2.26. The van der Waals surface area contributed by atoms with Crippen LogP contribution in [0.5, 0.6) is 0 Å². The molecule has 0 aliphatic carbocycles. The monoisotopic (exact) mass is 338 g/mol. The van der Waals surface area contributed by atoms with Gasteiger partial charge < -0.3 is 5.11 Å². The first-order valence-corrected chi connectivity index (χ1v) is 7.54. The number of hydrogen-bond donors (Lipinski definition) is 1. The SMILES string of the molecule is Cc1cc(C)nc(Sc2ccc(C(C)O)c(Br)c2)n1. The van der Waals surface area contributed by atoms with Crippen molar-refractivity contribution in [3.8, 4) is 0 Å². The number of benzene rings is 1. The summed E-state index contributed by atoms with van der Waals surface area (Å²) in [5, 5.41) is 10.3. The van der Waals surface area contributed by atoms with E-state index in [9.17, 15) is 5.11 Å². The molecule has 19 heavy (non-hydrogen) atoms. The summed E-state index contributed by atoms with van der Waals surface area (Å²) in [5.41, 5.74) is 2.81. The molecule has 1 aromatic heterocycles. The summed E-state index contributed by atoms with van der Waals surface area (Å²) in [6.07, 6.45) is -0.481. The average molecular weight is 339 g/mol. The van der Waals surface area contributed by atoms with Gasteiger partial charge in [-0.2, -0.15) is 0 Å². The van der Waals surface area contributed by atoms with E-state index in [1.807, 2.05) is 38.1 Å². The highest BCUT2D eigenvalue weighted by atomic mass is 79.9. The maximum atomic E-state index is 9.60. The predicted molar refractivity (Wildman–Crippen MR) is 80.4 cm³/mol. The number of aryl methyl sites for hydroxylation is 2. The van der Waals surface area contributed by atoms with Crippen molar-refractivity contribution in [2.24, 2.45) is 0 Å². The molecule has 2 aromatic rings. The molecular weight excluding hydrogens is 324 g/mol. The second-order valence-corrected chi connectivity index (χ2v) is 6.29. The van der Waals surface area contributed by atoms with Gasteiger partial charge in [0.1, 0.15) is 0 Å². The maximum Gasteiger partial charge on any atom is 0.192 e. The van der Waals surface area contributed by atoms with Gasteiger partial charge in [0.25, 0.3) is 0 Å². The summed E-state index contributed by atoms with van der Waals surface area (Å²) >= 11 is 4.99. The third-order valence-corrected chi connectivity index (χ3v) is 4.13. The number of aliphatic hydroxyl groups excluding tert-OH is 1. The van der Waals surface area contributed by atoms with Crippen LogP contribution in [0.2, 0.25) is 0 Å². The third kappa shape index (κ3) is 3.78. The van der Waals surface area contributed by atoms with Crippen LogP contribution in [0, 0.1) is 13.8 Å². The highest BCUT2D eigenvalue weighted by molar-refractivity contribution is 9.10. The molecule has 0 saturated carbocycles. The third-order valence-electron chi connectivity index (χ3n) is 2.59. The van der Waals surface area contributed by atoms with Crippen LogP contribution in [0.4, 0.5) is 0 Å². The summed E-state index contributed by atoms with van der Waals surface area (Å²) in [5.74, 6) is 0.